The Kier molecular flexibility index (Phi) is 5.63. The Labute approximate surface area is 163 Å². The first-order valence-electron chi connectivity index (χ1n) is 9.58. The molecular formula is C19H24N6O3. The van der Waals surface area contributed by atoms with Gasteiger partial charge in [0.2, 0.25) is 11.8 Å². The largest absolute Gasteiger partial charge is 0.379 e. The van der Waals surface area contributed by atoms with Gasteiger partial charge in [0.25, 0.3) is 0 Å². The van der Waals surface area contributed by atoms with E-state index < -0.39 is 4.92 Å². The highest BCUT2D eigenvalue weighted by Crippen LogP contribution is 2.30. The van der Waals surface area contributed by atoms with E-state index >= 15 is 0 Å². The number of nitrogens with zero attached hydrogens (tertiary/aromatic N) is 4. The van der Waals surface area contributed by atoms with Gasteiger partial charge >= 0.3 is 5.69 Å². The Morgan fingerprint density at radius 1 is 1.25 bits per heavy atom. The maximum Gasteiger partial charge on any atom is 0.329 e. The normalized spacial score (nSPS) is 18.4. The summed E-state index contributed by atoms with van der Waals surface area (Å²) in [5.41, 5.74) is 1.02. The molecule has 1 atom stereocenters. The maximum atomic E-state index is 11.3. The van der Waals surface area contributed by atoms with Gasteiger partial charge in [-0.2, -0.15) is 4.98 Å². The van der Waals surface area contributed by atoms with Gasteiger partial charge in [-0.3, -0.25) is 15.0 Å². The summed E-state index contributed by atoms with van der Waals surface area (Å²) in [6, 6.07) is 10.3. The summed E-state index contributed by atoms with van der Waals surface area (Å²) >= 11 is 0. The van der Waals surface area contributed by atoms with Gasteiger partial charge in [0.15, 0.2) is 0 Å². The second-order valence-electron chi connectivity index (χ2n) is 7.12. The van der Waals surface area contributed by atoms with Gasteiger partial charge in [-0.15, -0.1) is 0 Å². The SMILES string of the molecule is O=[N+]([O-])c1cnc(N[C@H](CN2CCOCC2)c2ccccc2)nc1NC1CC1. The smallest absolute Gasteiger partial charge is 0.329 e. The van der Waals surface area contributed by atoms with Gasteiger partial charge in [-0.25, -0.2) is 4.98 Å². The molecule has 148 valence electrons. The van der Waals surface area contributed by atoms with Gasteiger partial charge < -0.3 is 15.4 Å². The van der Waals surface area contributed by atoms with Crippen LogP contribution in [0.1, 0.15) is 24.4 Å². The monoisotopic (exact) mass is 384 g/mol. The molecule has 1 aliphatic heterocycles. The van der Waals surface area contributed by atoms with Gasteiger partial charge in [0, 0.05) is 25.7 Å². The predicted octanol–water partition coefficient (Wildman–Crippen LogP) is 2.44. The Bertz CT molecular complexity index is 809. The number of hydrogen-bond donors (Lipinski definition) is 2. The molecule has 1 saturated heterocycles. The van der Waals surface area contributed by atoms with Gasteiger partial charge in [0.1, 0.15) is 6.20 Å². The van der Waals surface area contributed by atoms with Crippen LogP contribution in [0, 0.1) is 10.1 Å². The molecule has 2 aliphatic rings. The maximum absolute atomic E-state index is 11.3. The molecule has 28 heavy (non-hydrogen) atoms. The molecule has 1 aromatic carbocycles. The summed E-state index contributed by atoms with van der Waals surface area (Å²) < 4.78 is 5.44. The van der Waals surface area contributed by atoms with E-state index in [1.807, 2.05) is 18.2 Å². The average molecular weight is 384 g/mol. The molecule has 1 aromatic heterocycles. The molecule has 0 bridgehead atoms. The van der Waals surface area contributed by atoms with Gasteiger partial charge in [-0.1, -0.05) is 30.3 Å². The number of nitro groups is 1. The zero-order valence-corrected chi connectivity index (χ0v) is 15.6. The molecule has 2 aromatic rings. The van der Waals surface area contributed by atoms with Crippen molar-refractivity contribution < 1.29 is 9.66 Å². The van der Waals surface area contributed by atoms with Gasteiger partial charge in [0.05, 0.1) is 24.2 Å². The lowest BCUT2D eigenvalue weighted by molar-refractivity contribution is -0.384. The minimum atomic E-state index is -0.448. The van der Waals surface area contributed by atoms with Crippen molar-refractivity contribution in [3.63, 3.8) is 0 Å². The van der Waals surface area contributed by atoms with Crippen LogP contribution in [-0.4, -0.2) is 58.7 Å². The Morgan fingerprint density at radius 3 is 2.68 bits per heavy atom. The van der Waals surface area contributed by atoms with E-state index in [2.05, 4.69) is 37.6 Å². The van der Waals surface area contributed by atoms with Crippen LogP contribution in [0.3, 0.4) is 0 Å². The number of morpholine rings is 1. The fourth-order valence-corrected chi connectivity index (χ4v) is 3.22. The third-order valence-electron chi connectivity index (χ3n) is 4.93. The average Bonchev–Trinajstić information content (AvgIpc) is 3.53. The molecular weight excluding hydrogens is 360 g/mol. The topological polar surface area (TPSA) is 105 Å². The van der Waals surface area contributed by atoms with E-state index in [1.54, 1.807) is 0 Å². The summed E-state index contributed by atoms with van der Waals surface area (Å²) in [7, 11) is 0. The van der Waals surface area contributed by atoms with Crippen molar-refractivity contribution in [3.05, 3.63) is 52.2 Å². The summed E-state index contributed by atoms with van der Waals surface area (Å²) in [5.74, 6) is 0.666. The fourth-order valence-electron chi connectivity index (χ4n) is 3.22. The van der Waals surface area contributed by atoms with Crippen LogP contribution in [0.25, 0.3) is 0 Å². The number of anilines is 2. The number of aromatic nitrogens is 2. The van der Waals surface area contributed by atoms with Crippen LogP contribution >= 0.6 is 0 Å². The molecule has 0 radical (unpaired) electrons. The summed E-state index contributed by atoms with van der Waals surface area (Å²) in [6.45, 7) is 3.98. The molecule has 1 saturated carbocycles. The number of benzene rings is 1. The van der Waals surface area contributed by atoms with Crippen LogP contribution < -0.4 is 10.6 Å². The lowest BCUT2D eigenvalue weighted by atomic mass is 10.1. The van der Waals surface area contributed by atoms with Crippen LogP contribution in [-0.2, 0) is 4.74 Å². The molecule has 2 N–H and O–H groups in total. The highest BCUT2D eigenvalue weighted by atomic mass is 16.6. The number of hydrogen-bond acceptors (Lipinski definition) is 8. The van der Waals surface area contributed by atoms with Crippen LogP contribution in [0.4, 0.5) is 17.5 Å². The first-order chi connectivity index (χ1) is 13.7. The van der Waals surface area contributed by atoms with Crippen molar-refractivity contribution in [2.24, 2.45) is 0 Å². The van der Waals surface area contributed by atoms with Crippen molar-refractivity contribution in [2.75, 3.05) is 43.5 Å². The molecule has 1 aliphatic carbocycles. The molecule has 2 fully saturated rings. The van der Waals surface area contributed by atoms with Crippen molar-refractivity contribution in [2.45, 2.75) is 24.9 Å². The van der Waals surface area contributed by atoms with Crippen LogP contribution in [0.15, 0.2) is 36.5 Å². The second kappa shape index (κ2) is 8.49. The first-order valence-corrected chi connectivity index (χ1v) is 9.58. The zero-order chi connectivity index (χ0) is 19.3. The standard InChI is InChI=1S/C19H24N6O3/c26-25(27)17-12-20-19(23-18(17)21-15-6-7-15)22-16(14-4-2-1-3-5-14)13-24-8-10-28-11-9-24/h1-5,12,15-16H,6-11,13H2,(H2,20,21,22,23)/t16-/m1/s1. The van der Waals surface area contributed by atoms with E-state index in [1.165, 1.54) is 6.20 Å². The molecule has 9 heteroatoms. The quantitative estimate of drug-likeness (QED) is 0.528. The van der Waals surface area contributed by atoms with E-state index in [9.17, 15) is 10.1 Å². The third kappa shape index (κ3) is 4.73. The number of ether oxygens (including phenoxy) is 1. The fraction of sp³-hybridized carbons (Fsp3) is 0.474. The number of rotatable bonds is 8. The molecule has 0 unspecified atom stereocenters. The number of nitrogens with one attached hydrogen (secondary N) is 2. The Balaban J connectivity index is 1.55. The minimum Gasteiger partial charge on any atom is -0.379 e. The second-order valence-corrected chi connectivity index (χ2v) is 7.12. The molecule has 0 amide bonds. The van der Waals surface area contributed by atoms with Gasteiger partial charge in [-0.05, 0) is 18.4 Å². The Morgan fingerprint density at radius 2 is 2.00 bits per heavy atom. The van der Waals surface area contributed by atoms with Crippen LogP contribution in [0.2, 0.25) is 0 Å². The summed E-state index contributed by atoms with van der Waals surface area (Å²) in [5, 5.41) is 17.8. The summed E-state index contributed by atoms with van der Waals surface area (Å²) in [4.78, 5) is 21.8. The molecule has 4 rings (SSSR count). The van der Waals surface area contributed by atoms with Crippen molar-refractivity contribution in [3.8, 4) is 0 Å². The van der Waals surface area contributed by atoms with Crippen molar-refractivity contribution in [1.29, 1.82) is 0 Å². The molecule has 9 nitrogen and oxygen atoms in total. The predicted molar refractivity (Wildman–Crippen MR) is 105 cm³/mol. The van der Waals surface area contributed by atoms with E-state index in [0.29, 0.717) is 5.95 Å². The van der Waals surface area contributed by atoms with Crippen molar-refractivity contribution in [1.82, 2.24) is 14.9 Å². The zero-order valence-electron chi connectivity index (χ0n) is 15.6. The van der Waals surface area contributed by atoms with E-state index in [-0.39, 0.29) is 23.6 Å². The lowest BCUT2D eigenvalue weighted by Crippen LogP contribution is -2.40. The highest BCUT2D eigenvalue weighted by Gasteiger charge is 2.27. The molecule has 0 spiro atoms. The van der Waals surface area contributed by atoms with Crippen molar-refractivity contribution >= 4 is 17.5 Å². The van der Waals surface area contributed by atoms with Crippen LogP contribution in [0.5, 0.6) is 0 Å². The Hall–Kier alpha value is -2.78. The summed E-state index contributed by atoms with van der Waals surface area (Å²) in [6.07, 6.45) is 3.29. The lowest BCUT2D eigenvalue weighted by Gasteiger charge is -2.31. The highest BCUT2D eigenvalue weighted by molar-refractivity contribution is 5.58. The molecule has 2 heterocycles. The first kappa shape index (κ1) is 18.6. The van der Waals surface area contributed by atoms with E-state index in [4.69, 9.17) is 4.74 Å². The minimum absolute atomic E-state index is 0.0328. The van der Waals surface area contributed by atoms with E-state index in [0.717, 1.165) is 51.3 Å². The third-order valence-corrected chi connectivity index (χ3v) is 4.93.